The number of aromatic amines is 1. The zero-order valence-corrected chi connectivity index (χ0v) is 12.8. The Kier molecular flexibility index (Phi) is 4.05. The Morgan fingerprint density at radius 1 is 1.12 bits per heavy atom. The molecule has 0 radical (unpaired) electrons. The number of nitrogens with one attached hydrogen (secondary N) is 1. The predicted molar refractivity (Wildman–Crippen MR) is 84.7 cm³/mol. The zero-order valence-electron chi connectivity index (χ0n) is 12.8. The van der Waals surface area contributed by atoms with E-state index in [1.807, 2.05) is 0 Å². The molecular formula is C18H14F3NO2. The van der Waals surface area contributed by atoms with Crippen LogP contribution in [-0.2, 0) is 10.9 Å². The van der Waals surface area contributed by atoms with Gasteiger partial charge in [-0.1, -0.05) is 18.2 Å². The van der Waals surface area contributed by atoms with Gasteiger partial charge >= 0.3 is 12.1 Å². The highest BCUT2D eigenvalue weighted by molar-refractivity contribution is 5.97. The Balaban J connectivity index is 2.21. The maximum atomic E-state index is 13.5. The number of esters is 1. The first-order valence-corrected chi connectivity index (χ1v) is 7.36. The summed E-state index contributed by atoms with van der Waals surface area (Å²) in [5, 5.41) is 0.687. The average Bonchev–Trinajstić information content (AvgIpc) is 3.02. The summed E-state index contributed by atoms with van der Waals surface area (Å²) in [6, 6.07) is 10.4. The molecule has 1 N–H and O–H groups in total. The molecule has 3 nitrogen and oxygen atoms in total. The van der Waals surface area contributed by atoms with Gasteiger partial charge in [-0.05, 0) is 42.3 Å². The number of carbonyl (C=O) groups excluding carboxylic acids is 1. The van der Waals surface area contributed by atoms with Crippen LogP contribution >= 0.6 is 0 Å². The van der Waals surface area contributed by atoms with Gasteiger partial charge in [-0.2, -0.15) is 13.2 Å². The number of hydrogen-bond acceptors (Lipinski definition) is 2. The average molecular weight is 333 g/mol. The van der Waals surface area contributed by atoms with Crippen LogP contribution in [0.4, 0.5) is 13.2 Å². The first-order valence-electron chi connectivity index (χ1n) is 7.36. The third kappa shape index (κ3) is 2.87. The highest BCUT2D eigenvalue weighted by atomic mass is 19.4. The van der Waals surface area contributed by atoms with E-state index >= 15 is 0 Å². The Morgan fingerprint density at radius 2 is 1.92 bits per heavy atom. The predicted octanol–water partition coefficient (Wildman–Crippen LogP) is 5.03. The van der Waals surface area contributed by atoms with Gasteiger partial charge in [0.25, 0.3) is 0 Å². The van der Waals surface area contributed by atoms with E-state index in [4.69, 9.17) is 4.74 Å². The van der Waals surface area contributed by atoms with Crippen LogP contribution < -0.4 is 0 Å². The van der Waals surface area contributed by atoms with Crippen LogP contribution in [0.5, 0.6) is 0 Å². The number of carbonyl (C=O) groups is 1. The van der Waals surface area contributed by atoms with E-state index in [1.54, 1.807) is 37.4 Å². The standard InChI is InChI=1S/C18H14F3NO2/c1-2-24-17(23)11-6-7-13(15(10-11)18(19,20)21)12-4-3-5-16-14(12)8-9-22-16/h3-10,22H,2H2,1H3. The van der Waals surface area contributed by atoms with Gasteiger partial charge in [-0.15, -0.1) is 0 Å². The molecule has 3 aromatic rings. The summed E-state index contributed by atoms with van der Waals surface area (Å²) in [6.45, 7) is 1.70. The van der Waals surface area contributed by atoms with Gasteiger partial charge in [0.05, 0.1) is 17.7 Å². The van der Waals surface area contributed by atoms with Crippen molar-refractivity contribution in [2.75, 3.05) is 6.61 Å². The third-order valence-corrected chi connectivity index (χ3v) is 3.72. The van der Waals surface area contributed by atoms with Crippen molar-refractivity contribution in [3.8, 4) is 11.1 Å². The van der Waals surface area contributed by atoms with E-state index in [9.17, 15) is 18.0 Å². The smallest absolute Gasteiger partial charge is 0.417 e. The van der Waals surface area contributed by atoms with Crippen LogP contribution in [0.25, 0.3) is 22.0 Å². The van der Waals surface area contributed by atoms with Crippen molar-refractivity contribution in [1.82, 2.24) is 4.98 Å². The summed E-state index contributed by atoms with van der Waals surface area (Å²) in [5.41, 5.74) is 0.253. The van der Waals surface area contributed by atoms with Crippen LogP contribution in [0.3, 0.4) is 0 Å². The maximum Gasteiger partial charge on any atom is 0.417 e. The molecule has 0 aliphatic heterocycles. The third-order valence-electron chi connectivity index (χ3n) is 3.72. The maximum absolute atomic E-state index is 13.5. The quantitative estimate of drug-likeness (QED) is 0.683. The fraction of sp³-hybridized carbons (Fsp3) is 0.167. The van der Waals surface area contributed by atoms with Crippen molar-refractivity contribution in [3.05, 3.63) is 59.8 Å². The SMILES string of the molecule is CCOC(=O)c1ccc(-c2cccc3[nH]ccc23)c(C(F)(F)F)c1. The molecular weight excluding hydrogens is 319 g/mol. The molecule has 24 heavy (non-hydrogen) atoms. The van der Waals surface area contributed by atoms with Crippen molar-refractivity contribution >= 4 is 16.9 Å². The molecule has 0 unspecified atom stereocenters. The van der Waals surface area contributed by atoms with Crippen molar-refractivity contribution in [3.63, 3.8) is 0 Å². The fourth-order valence-electron chi connectivity index (χ4n) is 2.68. The molecule has 0 fully saturated rings. The summed E-state index contributed by atoms with van der Waals surface area (Å²) in [4.78, 5) is 14.7. The topological polar surface area (TPSA) is 42.1 Å². The molecule has 3 rings (SSSR count). The van der Waals surface area contributed by atoms with E-state index in [2.05, 4.69) is 4.98 Å². The number of hydrogen-bond donors (Lipinski definition) is 1. The summed E-state index contributed by atoms with van der Waals surface area (Å²) in [7, 11) is 0. The molecule has 0 saturated carbocycles. The molecule has 2 aromatic carbocycles. The Morgan fingerprint density at radius 3 is 2.62 bits per heavy atom. The molecule has 0 saturated heterocycles. The highest BCUT2D eigenvalue weighted by Gasteiger charge is 2.35. The van der Waals surface area contributed by atoms with E-state index in [0.717, 1.165) is 11.6 Å². The van der Waals surface area contributed by atoms with E-state index in [0.29, 0.717) is 10.9 Å². The van der Waals surface area contributed by atoms with Crippen molar-refractivity contribution in [1.29, 1.82) is 0 Å². The van der Waals surface area contributed by atoms with Gasteiger partial charge in [0, 0.05) is 17.1 Å². The van der Waals surface area contributed by atoms with Crippen LogP contribution in [0.1, 0.15) is 22.8 Å². The van der Waals surface area contributed by atoms with Crippen molar-refractivity contribution in [2.24, 2.45) is 0 Å². The normalized spacial score (nSPS) is 11.7. The van der Waals surface area contributed by atoms with Gasteiger partial charge in [-0.25, -0.2) is 4.79 Å². The lowest BCUT2D eigenvalue weighted by atomic mass is 9.95. The van der Waals surface area contributed by atoms with Gasteiger partial charge in [0.2, 0.25) is 0 Å². The van der Waals surface area contributed by atoms with Gasteiger partial charge in [0.1, 0.15) is 0 Å². The lowest BCUT2D eigenvalue weighted by Crippen LogP contribution is -2.11. The first kappa shape index (κ1) is 16.1. The molecule has 0 spiro atoms. The lowest BCUT2D eigenvalue weighted by Gasteiger charge is -2.15. The summed E-state index contributed by atoms with van der Waals surface area (Å²) in [6.07, 6.45) is -2.91. The molecule has 0 amide bonds. The molecule has 0 aliphatic carbocycles. The number of rotatable bonds is 3. The molecule has 124 valence electrons. The Hall–Kier alpha value is -2.76. The molecule has 0 atom stereocenters. The minimum atomic E-state index is -4.59. The number of H-pyrrole nitrogens is 1. The monoisotopic (exact) mass is 333 g/mol. The molecule has 1 heterocycles. The highest BCUT2D eigenvalue weighted by Crippen LogP contribution is 2.40. The van der Waals surface area contributed by atoms with Crippen LogP contribution in [0.15, 0.2) is 48.7 Å². The van der Waals surface area contributed by atoms with Gasteiger partial charge < -0.3 is 9.72 Å². The number of alkyl halides is 3. The number of benzene rings is 2. The lowest BCUT2D eigenvalue weighted by molar-refractivity contribution is -0.137. The minimum absolute atomic E-state index is 0.0285. The molecule has 1 aromatic heterocycles. The van der Waals surface area contributed by atoms with E-state index in [1.165, 1.54) is 12.1 Å². The summed E-state index contributed by atoms with van der Waals surface area (Å²) in [5.74, 6) is -0.769. The zero-order chi connectivity index (χ0) is 17.3. The number of fused-ring (bicyclic) bond motifs is 1. The number of halogens is 3. The molecule has 0 bridgehead atoms. The second kappa shape index (κ2) is 6.03. The second-order valence-corrected chi connectivity index (χ2v) is 5.22. The van der Waals surface area contributed by atoms with Crippen molar-refractivity contribution < 1.29 is 22.7 Å². The van der Waals surface area contributed by atoms with E-state index in [-0.39, 0.29) is 17.7 Å². The first-order chi connectivity index (χ1) is 11.4. The van der Waals surface area contributed by atoms with Gasteiger partial charge in [-0.3, -0.25) is 0 Å². The number of ether oxygens (including phenoxy) is 1. The second-order valence-electron chi connectivity index (χ2n) is 5.22. The molecule has 0 aliphatic rings. The Labute approximate surface area is 136 Å². The number of aromatic nitrogens is 1. The fourth-order valence-corrected chi connectivity index (χ4v) is 2.68. The summed E-state index contributed by atoms with van der Waals surface area (Å²) < 4.78 is 45.4. The minimum Gasteiger partial charge on any atom is -0.462 e. The van der Waals surface area contributed by atoms with Crippen LogP contribution in [0.2, 0.25) is 0 Å². The van der Waals surface area contributed by atoms with Crippen molar-refractivity contribution in [2.45, 2.75) is 13.1 Å². The van der Waals surface area contributed by atoms with Gasteiger partial charge in [0.15, 0.2) is 0 Å². The van der Waals surface area contributed by atoms with Crippen LogP contribution in [-0.4, -0.2) is 17.6 Å². The Bertz CT molecular complexity index is 897. The summed E-state index contributed by atoms with van der Waals surface area (Å²) >= 11 is 0. The van der Waals surface area contributed by atoms with E-state index < -0.39 is 17.7 Å². The largest absolute Gasteiger partial charge is 0.462 e. The molecule has 6 heteroatoms. The van der Waals surface area contributed by atoms with Crippen LogP contribution in [0, 0.1) is 0 Å².